The number of hydrogen-bond donors (Lipinski definition) is 1. The molecule has 1 aromatic carbocycles. The summed E-state index contributed by atoms with van der Waals surface area (Å²) in [6.07, 6.45) is 5.11. The van der Waals surface area contributed by atoms with E-state index < -0.39 is 0 Å². The van der Waals surface area contributed by atoms with Crippen LogP contribution in [0.4, 0.5) is 0 Å². The van der Waals surface area contributed by atoms with Crippen LogP contribution in [0.5, 0.6) is 11.5 Å². The maximum absolute atomic E-state index is 5.40. The number of benzene rings is 1. The van der Waals surface area contributed by atoms with Gasteiger partial charge >= 0.3 is 0 Å². The molecule has 0 spiro atoms. The first-order valence-corrected chi connectivity index (χ1v) is 6.69. The van der Waals surface area contributed by atoms with Crippen LogP contribution in [0.25, 0.3) is 0 Å². The van der Waals surface area contributed by atoms with Crippen molar-refractivity contribution >= 4 is 0 Å². The first kappa shape index (κ1) is 13.2. The van der Waals surface area contributed by atoms with Crippen LogP contribution in [0, 0.1) is 0 Å². The van der Waals surface area contributed by atoms with E-state index in [4.69, 9.17) is 9.47 Å². The number of hydrogen-bond acceptors (Lipinski definition) is 3. The van der Waals surface area contributed by atoms with Crippen molar-refractivity contribution in [2.75, 3.05) is 14.2 Å². The third-order valence-corrected chi connectivity index (χ3v) is 4.13. The van der Waals surface area contributed by atoms with Gasteiger partial charge in [-0.15, -0.1) is 0 Å². The van der Waals surface area contributed by atoms with Crippen LogP contribution in [0.15, 0.2) is 18.2 Å². The van der Waals surface area contributed by atoms with Crippen LogP contribution in [0.3, 0.4) is 0 Å². The largest absolute Gasteiger partial charge is 0.497 e. The topological polar surface area (TPSA) is 30.5 Å². The maximum atomic E-state index is 5.40. The molecule has 1 N–H and O–H groups in total. The zero-order valence-electron chi connectivity index (χ0n) is 11.6. The summed E-state index contributed by atoms with van der Waals surface area (Å²) in [6, 6.07) is 5.95. The number of nitrogens with one attached hydrogen (secondary N) is 1. The van der Waals surface area contributed by atoms with Gasteiger partial charge in [0.2, 0.25) is 0 Å². The lowest BCUT2D eigenvalue weighted by Gasteiger charge is -2.42. The standard InChI is InChI=1S/C15H23NO2/c1-4-15(8-5-9-15)16-11-12-10-13(17-2)6-7-14(12)18-3/h6-7,10,16H,4-5,8-9,11H2,1-3H3. The summed E-state index contributed by atoms with van der Waals surface area (Å²) < 4.78 is 10.7. The van der Waals surface area contributed by atoms with E-state index in [0.717, 1.165) is 23.6 Å². The third-order valence-electron chi connectivity index (χ3n) is 4.13. The lowest BCUT2D eigenvalue weighted by molar-refractivity contribution is 0.175. The molecular weight excluding hydrogens is 226 g/mol. The second-order valence-corrected chi connectivity index (χ2v) is 5.02. The fourth-order valence-electron chi connectivity index (χ4n) is 2.56. The summed E-state index contributed by atoms with van der Waals surface area (Å²) in [5.41, 5.74) is 1.52. The van der Waals surface area contributed by atoms with Crippen molar-refractivity contribution in [1.82, 2.24) is 5.32 Å². The Morgan fingerprint density at radius 3 is 2.50 bits per heavy atom. The SMILES string of the molecule is CCC1(NCc2cc(OC)ccc2OC)CCC1. The van der Waals surface area contributed by atoms with Crippen molar-refractivity contribution in [3.63, 3.8) is 0 Å². The highest BCUT2D eigenvalue weighted by atomic mass is 16.5. The fourth-order valence-corrected chi connectivity index (χ4v) is 2.56. The molecule has 0 radical (unpaired) electrons. The lowest BCUT2D eigenvalue weighted by Crippen LogP contribution is -2.49. The van der Waals surface area contributed by atoms with E-state index in [1.807, 2.05) is 18.2 Å². The minimum absolute atomic E-state index is 0.355. The van der Waals surface area contributed by atoms with Gasteiger partial charge in [-0.1, -0.05) is 6.92 Å². The van der Waals surface area contributed by atoms with Crippen LogP contribution in [0.2, 0.25) is 0 Å². The van der Waals surface area contributed by atoms with Crippen LogP contribution in [-0.2, 0) is 6.54 Å². The van der Waals surface area contributed by atoms with Gasteiger partial charge in [-0.2, -0.15) is 0 Å². The molecule has 100 valence electrons. The number of methoxy groups -OCH3 is 2. The fraction of sp³-hybridized carbons (Fsp3) is 0.600. The molecule has 2 rings (SSSR count). The van der Waals surface area contributed by atoms with E-state index in [1.165, 1.54) is 25.7 Å². The zero-order chi connectivity index (χ0) is 13.0. The van der Waals surface area contributed by atoms with E-state index in [9.17, 15) is 0 Å². The molecule has 3 nitrogen and oxygen atoms in total. The lowest BCUT2D eigenvalue weighted by atomic mass is 9.75. The molecule has 1 aromatic rings. The van der Waals surface area contributed by atoms with E-state index in [-0.39, 0.29) is 0 Å². The molecule has 0 atom stereocenters. The second-order valence-electron chi connectivity index (χ2n) is 5.02. The molecule has 0 saturated heterocycles. The van der Waals surface area contributed by atoms with Crippen LogP contribution in [-0.4, -0.2) is 19.8 Å². The highest BCUT2D eigenvalue weighted by Crippen LogP contribution is 2.35. The van der Waals surface area contributed by atoms with Gasteiger partial charge in [0.25, 0.3) is 0 Å². The number of rotatable bonds is 6. The Balaban J connectivity index is 2.07. The summed E-state index contributed by atoms with van der Waals surface area (Å²) in [4.78, 5) is 0. The minimum Gasteiger partial charge on any atom is -0.497 e. The molecule has 3 heteroatoms. The summed E-state index contributed by atoms with van der Waals surface area (Å²) in [7, 11) is 3.41. The van der Waals surface area contributed by atoms with Crippen LogP contribution >= 0.6 is 0 Å². The van der Waals surface area contributed by atoms with Crippen molar-refractivity contribution in [2.24, 2.45) is 0 Å². The number of ether oxygens (including phenoxy) is 2. The average Bonchev–Trinajstić information content (AvgIpc) is 2.37. The minimum atomic E-state index is 0.355. The summed E-state index contributed by atoms with van der Waals surface area (Å²) in [5, 5.41) is 3.69. The predicted molar refractivity (Wildman–Crippen MR) is 73.3 cm³/mol. The van der Waals surface area contributed by atoms with Gasteiger partial charge in [0.05, 0.1) is 14.2 Å². The molecule has 0 unspecified atom stereocenters. The molecule has 1 saturated carbocycles. The van der Waals surface area contributed by atoms with Crippen molar-refractivity contribution < 1.29 is 9.47 Å². The van der Waals surface area contributed by atoms with E-state index in [0.29, 0.717) is 5.54 Å². The Kier molecular flexibility index (Phi) is 4.12. The average molecular weight is 249 g/mol. The highest BCUT2D eigenvalue weighted by molar-refractivity contribution is 5.40. The zero-order valence-corrected chi connectivity index (χ0v) is 11.6. The molecular formula is C15H23NO2. The van der Waals surface area contributed by atoms with Crippen molar-refractivity contribution in [3.05, 3.63) is 23.8 Å². The Morgan fingerprint density at radius 2 is 2.00 bits per heavy atom. The first-order valence-electron chi connectivity index (χ1n) is 6.69. The molecule has 1 aliphatic rings. The molecule has 1 fully saturated rings. The summed E-state index contributed by atoms with van der Waals surface area (Å²) in [6.45, 7) is 3.10. The van der Waals surface area contributed by atoms with Crippen LogP contribution < -0.4 is 14.8 Å². The normalized spacial score (nSPS) is 17.1. The predicted octanol–water partition coefficient (Wildman–Crippen LogP) is 3.13. The molecule has 0 aliphatic heterocycles. The summed E-state index contributed by atoms with van der Waals surface area (Å²) in [5.74, 6) is 1.81. The molecule has 18 heavy (non-hydrogen) atoms. The highest BCUT2D eigenvalue weighted by Gasteiger charge is 2.34. The van der Waals surface area contributed by atoms with E-state index in [1.54, 1.807) is 14.2 Å². The monoisotopic (exact) mass is 249 g/mol. The van der Waals surface area contributed by atoms with Gasteiger partial charge in [-0.3, -0.25) is 0 Å². The first-order chi connectivity index (χ1) is 8.73. The Bertz CT molecular complexity index is 394. The second kappa shape index (κ2) is 5.61. The summed E-state index contributed by atoms with van der Waals surface area (Å²) >= 11 is 0. The molecule has 0 bridgehead atoms. The molecule has 0 aromatic heterocycles. The van der Waals surface area contributed by atoms with E-state index in [2.05, 4.69) is 12.2 Å². The molecule has 0 amide bonds. The van der Waals surface area contributed by atoms with Crippen molar-refractivity contribution in [1.29, 1.82) is 0 Å². The van der Waals surface area contributed by atoms with Crippen LogP contribution in [0.1, 0.15) is 38.2 Å². The van der Waals surface area contributed by atoms with E-state index >= 15 is 0 Å². The molecule has 0 heterocycles. The van der Waals surface area contributed by atoms with Crippen molar-refractivity contribution in [2.45, 2.75) is 44.7 Å². The van der Waals surface area contributed by atoms with Crippen molar-refractivity contribution in [3.8, 4) is 11.5 Å². The Hall–Kier alpha value is -1.22. The van der Waals surface area contributed by atoms with Gasteiger partial charge in [-0.25, -0.2) is 0 Å². The Labute approximate surface area is 109 Å². The smallest absolute Gasteiger partial charge is 0.123 e. The van der Waals surface area contributed by atoms with Gasteiger partial charge in [0.15, 0.2) is 0 Å². The quantitative estimate of drug-likeness (QED) is 0.840. The maximum Gasteiger partial charge on any atom is 0.123 e. The van der Waals surface area contributed by atoms with Gasteiger partial charge in [0.1, 0.15) is 11.5 Å². The third kappa shape index (κ3) is 2.61. The van der Waals surface area contributed by atoms with Gasteiger partial charge in [0, 0.05) is 17.6 Å². The van der Waals surface area contributed by atoms with Gasteiger partial charge < -0.3 is 14.8 Å². The Morgan fingerprint density at radius 1 is 1.22 bits per heavy atom. The van der Waals surface area contributed by atoms with Gasteiger partial charge in [-0.05, 0) is 43.9 Å². The molecule has 1 aliphatic carbocycles.